The van der Waals surface area contributed by atoms with Crippen LogP contribution in [-0.4, -0.2) is 34.9 Å². The van der Waals surface area contributed by atoms with Crippen molar-refractivity contribution < 1.29 is 13.9 Å². The molecule has 1 rings (SSSR count). The van der Waals surface area contributed by atoms with Gasteiger partial charge in [0.2, 0.25) is 0 Å². The molecule has 0 bridgehead atoms. The molecule has 0 aromatic heterocycles. The molecule has 0 atom stereocenters. The molecule has 4 heteroatoms. The van der Waals surface area contributed by atoms with E-state index in [0.717, 1.165) is 12.8 Å². The smallest absolute Gasteiger partial charge is 0.192 e. The fourth-order valence-electron chi connectivity index (χ4n) is 2.00. The molecule has 0 amide bonds. The highest BCUT2D eigenvalue weighted by Crippen LogP contribution is 2.42. The molecular formula is C13H28O3Si. The van der Waals surface area contributed by atoms with Crippen LogP contribution < -0.4 is 0 Å². The first kappa shape index (κ1) is 15.2. The molecule has 0 aromatic rings. The zero-order valence-corrected chi connectivity index (χ0v) is 13.4. The van der Waals surface area contributed by atoms with Gasteiger partial charge in [0.15, 0.2) is 14.6 Å². The number of hydrogen-bond acceptors (Lipinski definition) is 3. The van der Waals surface area contributed by atoms with Gasteiger partial charge in [-0.25, -0.2) is 0 Å². The van der Waals surface area contributed by atoms with Gasteiger partial charge in [-0.1, -0.05) is 20.8 Å². The molecule has 3 nitrogen and oxygen atoms in total. The molecule has 1 saturated carbocycles. The summed E-state index contributed by atoms with van der Waals surface area (Å²) in [5.74, 6) is 0.500. The SMILES string of the molecule is COC(OC)C1CC(O[Si](C)(C)C(C)(C)C)C1. The summed E-state index contributed by atoms with van der Waals surface area (Å²) in [5, 5.41) is 0.292. The molecule has 1 aliphatic carbocycles. The van der Waals surface area contributed by atoms with Crippen LogP contribution in [-0.2, 0) is 13.9 Å². The summed E-state index contributed by atoms with van der Waals surface area (Å²) in [6.07, 6.45) is 2.49. The molecule has 0 aliphatic heterocycles. The normalized spacial score (nSPS) is 26.1. The number of methoxy groups -OCH3 is 2. The average molecular weight is 260 g/mol. The van der Waals surface area contributed by atoms with Gasteiger partial charge < -0.3 is 13.9 Å². The summed E-state index contributed by atoms with van der Waals surface area (Å²) in [6, 6.07) is 0. The minimum Gasteiger partial charge on any atom is -0.414 e. The second-order valence-corrected chi connectivity index (χ2v) is 11.3. The Hall–Kier alpha value is 0.0969. The molecule has 0 aromatic carbocycles. The highest BCUT2D eigenvalue weighted by Gasteiger charge is 2.44. The minimum absolute atomic E-state index is 0.0609. The molecule has 1 fully saturated rings. The van der Waals surface area contributed by atoms with Gasteiger partial charge in [-0.3, -0.25) is 0 Å². The second-order valence-electron chi connectivity index (χ2n) is 6.57. The van der Waals surface area contributed by atoms with Crippen molar-refractivity contribution in [3.63, 3.8) is 0 Å². The van der Waals surface area contributed by atoms with Crippen LogP contribution in [0.3, 0.4) is 0 Å². The first-order valence-electron chi connectivity index (χ1n) is 6.44. The van der Waals surface area contributed by atoms with E-state index >= 15 is 0 Å². The van der Waals surface area contributed by atoms with E-state index < -0.39 is 8.32 Å². The Balaban J connectivity index is 2.39. The lowest BCUT2D eigenvalue weighted by Gasteiger charge is -2.46. The summed E-state index contributed by atoms with van der Waals surface area (Å²) >= 11 is 0. The summed E-state index contributed by atoms with van der Waals surface area (Å²) in [7, 11) is 1.81. The van der Waals surface area contributed by atoms with Gasteiger partial charge in [0, 0.05) is 26.2 Å². The lowest BCUT2D eigenvalue weighted by atomic mass is 9.82. The largest absolute Gasteiger partial charge is 0.414 e. The van der Waals surface area contributed by atoms with E-state index in [-0.39, 0.29) is 6.29 Å². The standard InChI is InChI=1S/C13H28O3Si/c1-13(2,3)17(6,7)16-11-8-10(9-11)12(14-4)15-5/h10-12H,8-9H2,1-7H3. The van der Waals surface area contributed by atoms with Crippen molar-refractivity contribution in [3.8, 4) is 0 Å². The quantitative estimate of drug-likeness (QED) is 0.560. The zero-order valence-electron chi connectivity index (χ0n) is 12.4. The Morgan fingerprint density at radius 1 is 1.06 bits per heavy atom. The van der Waals surface area contributed by atoms with E-state index in [0.29, 0.717) is 17.1 Å². The van der Waals surface area contributed by atoms with Gasteiger partial charge in [0.05, 0.1) is 0 Å². The fourth-order valence-corrected chi connectivity index (χ4v) is 3.38. The van der Waals surface area contributed by atoms with Crippen LogP contribution in [0, 0.1) is 5.92 Å². The molecule has 0 heterocycles. The summed E-state index contributed by atoms with van der Waals surface area (Å²) in [6.45, 7) is 11.5. The van der Waals surface area contributed by atoms with Crippen LogP contribution in [0.15, 0.2) is 0 Å². The van der Waals surface area contributed by atoms with E-state index in [2.05, 4.69) is 33.9 Å². The van der Waals surface area contributed by atoms with Gasteiger partial charge >= 0.3 is 0 Å². The molecule has 0 N–H and O–H groups in total. The maximum Gasteiger partial charge on any atom is 0.192 e. The van der Waals surface area contributed by atoms with Crippen molar-refractivity contribution in [3.05, 3.63) is 0 Å². The van der Waals surface area contributed by atoms with Crippen LogP contribution in [0.1, 0.15) is 33.6 Å². The number of ether oxygens (including phenoxy) is 2. The molecule has 17 heavy (non-hydrogen) atoms. The topological polar surface area (TPSA) is 27.7 Å². The van der Waals surface area contributed by atoms with E-state index in [9.17, 15) is 0 Å². The highest BCUT2D eigenvalue weighted by molar-refractivity contribution is 6.74. The molecule has 102 valence electrons. The van der Waals surface area contributed by atoms with Crippen molar-refractivity contribution in [1.29, 1.82) is 0 Å². The van der Waals surface area contributed by atoms with Crippen LogP contribution in [0.5, 0.6) is 0 Å². The maximum absolute atomic E-state index is 6.34. The Bertz CT molecular complexity index is 238. The molecular weight excluding hydrogens is 232 g/mol. The third-order valence-electron chi connectivity index (χ3n) is 4.25. The van der Waals surface area contributed by atoms with Gasteiger partial charge in [0.25, 0.3) is 0 Å². The molecule has 0 unspecified atom stereocenters. The van der Waals surface area contributed by atoms with Crippen LogP contribution in [0.2, 0.25) is 18.1 Å². The fraction of sp³-hybridized carbons (Fsp3) is 1.00. The average Bonchev–Trinajstić information content (AvgIpc) is 2.13. The lowest BCUT2D eigenvalue weighted by molar-refractivity contribution is -0.171. The van der Waals surface area contributed by atoms with E-state index in [1.54, 1.807) is 14.2 Å². The predicted octanol–water partition coefficient (Wildman–Crippen LogP) is 3.41. The molecule has 0 spiro atoms. The molecule has 0 radical (unpaired) electrons. The minimum atomic E-state index is -1.60. The Morgan fingerprint density at radius 2 is 1.53 bits per heavy atom. The summed E-state index contributed by atoms with van der Waals surface area (Å²) < 4.78 is 16.9. The monoisotopic (exact) mass is 260 g/mol. The van der Waals surface area contributed by atoms with Gasteiger partial charge in [0.1, 0.15) is 0 Å². The third-order valence-corrected chi connectivity index (χ3v) is 8.78. The van der Waals surface area contributed by atoms with Crippen molar-refractivity contribution in [1.82, 2.24) is 0 Å². The molecule has 0 saturated heterocycles. The zero-order chi connectivity index (χ0) is 13.3. The Labute approximate surface area is 107 Å². The number of hydrogen-bond donors (Lipinski definition) is 0. The van der Waals surface area contributed by atoms with Gasteiger partial charge in [-0.15, -0.1) is 0 Å². The maximum atomic E-state index is 6.34. The molecule has 1 aliphatic rings. The van der Waals surface area contributed by atoms with Gasteiger partial charge in [-0.2, -0.15) is 0 Å². The van der Waals surface area contributed by atoms with E-state index in [1.807, 2.05) is 0 Å². The summed E-state index contributed by atoms with van der Waals surface area (Å²) in [5.41, 5.74) is 0. The van der Waals surface area contributed by atoms with Crippen LogP contribution >= 0.6 is 0 Å². The van der Waals surface area contributed by atoms with E-state index in [1.165, 1.54) is 0 Å². The van der Waals surface area contributed by atoms with Crippen molar-refractivity contribution in [2.45, 2.75) is 64.1 Å². The van der Waals surface area contributed by atoms with Crippen molar-refractivity contribution in [2.24, 2.45) is 5.92 Å². The van der Waals surface area contributed by atoms with Crippen LogP contribution in [0.4, 0.5) is 0 Å². The van der Waals surface area contributed by atoms with Crippen molar-refractivity contribution in [2.75, 3.05) is 14.2 Å². The second kappa shape index (κ2) is 5.39. The third kappa shape index (κ3) is 3.53. The van der Waals surface area contributed by atoms with E-state index in [4.69, 9.17) is 13.9 Å². The van der Waals surface area contributed by atoms with Gasteiger partial charge in [-0.05, 0) is 31.0 Å². The Kier molecular flexibility index (Phi) is 4.80. The predicted molar refractivity (Wildman–Crippen MR) is 72.6 cm³/mol. The highest BCUT2D eigenvalue weighted by atomic mass is 28.4. The summed E-state index contributed by atoms with van der Waals surface area (Å²) in [4.78, 5) is 0. The van der Waals surface area contributed by atoms with Crippen LogP contribution in [0.25, 0.3) is 0 Å². The first-order chi connectivity index (χ1) is 7.71. The number of rotatable bonds is 5. The lowest BCUT2D eigenvalue weighted by Crippen LogP contribution is -2.49. The Morgan fingerprint density at radius 3 is 1.88 bits per heavy atom. The first-order valence-corrected chi connectivity index (χ1v) is 9.35. The van der Waals surface area contributed by atoms with Crippen molar-refractivity contribution >= 4 is 8.32 Å².